The Morgan fingerprint density at radius 3 is 2.44 bits per heavy atom. The van der Waals surface area contributed by atoms with Gasteiger partial charge in [0, 0.05) is 0 Å². The van der Waals surface area contributed by atoms with E-state index < -0.39 is 12.0 Å². The number of nitrogens with one attached hydrogen (secondary N) is 1. The highest BCUT2D eigenvalue weighted by Gasteiger charge is 2.15. The second-order valence-corrected chi connectivity index (χ2v) is 3.85. The van der Waals surface area contributed by atoms with E-state index in [1.54, 1.807) is 26.1 Å². The molecule has 0 amide bonds. The maximum absolute atomic E-state index is 10.9. The highest BCUT2D eigenvalue weighted by Crippen LogP contribution is 2.08. The molecule has 1 atom stereocenters. The van der Waals surface area contributed by atoms with Crippen LogP contribution in [0.25, 0.3) is 0 Å². The number of benzene rings is 1. The third kappa shape index (κ3) is 3.74. The molecule has 0 heterocycles. The molecule has 1 aromatic carbocycles. The van der Waals surface area contributed by atoms with Gasteiger partial charge in [0.05, 0.1) is 11.0 Å². The highest BCUT2D eigenvalue weighted by atomic mass is 16.4. The quantitative estimate of drug-likeness (QED) is 0.453. The van der Waals surface area contributed by atoms with E-state index in [1.807, 2.05) is 12.1 Å². The first-order valence-corrected chi connectivity index (χ1v) is 5.44. The van der Waals surface area contributed by atoms with Crippen molar-refractivity contribution < 1.29 is 9.90 Å². The molecule has 0 saturated carbocycles. The molecule has 0 aliphatic rings. The van der Waals surface area contributed by atoms with Gasteiger partial charge >= 0.3 is 5.97 Å². The molecule has 18 heavy (non-hydrogen) atoms. The first kappa shape index (κ1) is 14.0. The van der Waals surface area contributed by atoms with Crippen LogP contribution in [0.15, 0.2) is 34.7 Å². The lowest BCUT2D eigenvalue weighted by atomic mass is 10.0. The van der Waals surface area contributed by atoms with Crippen molar-refractivity contribution in [3.05, 3.63) is 40.3 Å². The minimum atomic E-state index is -0.885. The van der Waals surface area contributed by atoms with Crippen molar-refractivity contribution in [2.24, 2.45) is 10.4 Å². The molecule has 0 aliphatic carbocycles. The molecule has 0 radical (unpaired) electrons. The molecule has 0 bridgehead atoms. The highest BCUT2D eigenvalue weighted by molar-refractivity contribution is 5.98. The van der Waals surface area contributed by atoms with E-state index in [9.17, 15) is 9.70 Å². The summed E-state index contributed by atoms with van der Waals surface area (Å²) in [5.74, 6) is -0.885. The van der Waals surface area contributed by atoms with Crippen molar-refractivity contribution in [3.63, 3.8) is 0 Å². The topological polar surface area (TPSA) is 91.1 Å². The van der Waals surface area contributed by atoms with E-state index in [4.69, 9.17) is 5.11 Å². The van der Waals surface area contributed by atoms with Crippen LogP contribution in [-0.4, -0.2) is 29.9 Å². The number of aliphatic carboxylic acids is 1. The van der Waals surface area contributed by atoms with Crippen LogP contribution in [0.3, 0.4) is 0 Å². The predicted octanol–water partition coefficient (Wildman–Crippen LogP) is 1.39. The fourth-order valence-electron chi connectivity index (χ4n) is 1.55. The third-order valence-corrected chi connectivity index (χ3v) is 2.65. The normalized spacial score (nSPS) is 13.1. The van der Waals surface area contributed by atoms with Crippen LogP contribution < -0.4 is 5.32 Å². The molecule has 6 heteroatoms. The number of nitrogens with zero attached hydrogens (tertiary/aromatic N) is 2. The summed E-state index contributed by atoms with van der Waals surface area (Å²) in [6.07, 6.45) is 0.397. The third-order valence-electron chi connectivity index (χ3n) is 2.65. The van der Waals surface area contributed by atoms with Gasteiger partial charge in [0.25, 0.3) is 0 Å². The lowest BCUT2D eigenvalue weighted by Crippen LogP contribution is -2.35. The Kier molecular flexibility index (Phi) is 5.13. The van der Waals surface area contributed by atoms with Crippen LogP contribution >= 0.6 is 0 Å². The van der Waals surface area contributed by atoms with Crippen LogP contribution in [0.2, 0.25) is 0 Å². The van der Waals surface area contributed by atoms with E-state index in [2.05, 4.69) is 15.7 Å². The SMILES string of the molecule is CNC(Cc1ccc(/C(C)=N\N=O)cc1)C(=O)O. The summed E-state index contributed by atoms with van der Waals surface area (Å²) in [5, 5.41) is 17.5. The minimum Gasteiger partial charge on any atom is -0.480 e. The fraction of sp³-hybridized carbons (Fsp3) is 0.333. The summed E-state index contributed by atoms with van der Waals surface area (Å²) in [6, 6.07) is 6.59. The summed E-state index contributed by atoms with van der Waals surface area (Å²) >= 11 is 0. The Morgan fingerprint density at radius 1 is 1.39 bits per heavy atom. The maximum Gasteiger partial charge on any atom is 0.321 e. The standard InChI is InChI=1S/C12H15N3O3/c1-8(14-15-18)10-5-3-9(4-6-10)7-11(13-2)12(16)17/h3-6,11,13H,7H2,1-2H3,(H,16,17)/b14-8-. The Bertz CT molecular complexity index is 454. The molecular weight excluding hydrogens is 234 g/mol. The van der Waals surface area contributed by atoms with E-state index >= 15 is 0 Å². The Balaban J connectivity index is 2.80. The van der Waals surface area contributed by atoms with Crippen molar-refractivity contribution in [3.8, 4) is 0 Å². The van der Waals surface area contributed by atoms with Crippen molar-refractivity contribution in [2.45, 2.75) is 19.4 Å². The number of carboxylic acid groups (broad SMARTS) is 1. The number of hydrogen-bond acceptors (Lipinski definition) is 4. The second-order valence-electron chi connectivity index (χ2n) is 3.85. The average molecular weight is 249 g/mol. The molecule has 6 nitrogen and oxygen atoms in total. The second kappa shape index (κ2) is 6.61. The molecule has 0 fully saturated rings. The van der Waals surface area contributed by atoms with Gasteiger partial charge in [-0.15, -0.1) is 10.0 Å². The van der Waals surface area contributed by atoms with Gasteiger partial charge in [-0.2, -0.15) is 0 Å². The number of nitroso groups, excluding NO2 is 1. The summed E-state index contributed by atoms with van der Waals surface area (Å²) in [5.41, 5.74) is 2.21. The van der Waals surface area contributed by atoms with E-state index in [1.165, 1.54) is 0 Å². The minimum absolute atomic E-state index is 0.397. The van der Waals surface area contributed by atoms with Gasteiger partial charge in [-0.3, -0.25) is 4.79 Å². The Labute approximate surface area is 105 Å². The Hall–Kier alpha value is -2.08. The van der Waals surface area contributed by atoms with Crippen LogP contribution in [0.5, 0.6) is 0 Å². The molecule has 2 N–H and O–H groups in total. The zero-order valence-electron chi connectivity index (χ0n) is 10.3. The van der Waals surface area contributed by atoms with Crippen LogP contribution in [0, 0.1) is 4.91 Å². The van der Waals surface area contributed by atoms with Crippen LogP contribution in [-0.2, 0) is 11.2 Å². The number of carboxylic acids is 1. The lowest BCUT2D eigenvalue weighted by Gasteiger charge is -2.11. The summed E-state index contributed by atoms with van der Waals surface area (Å²) in [6.45, 7) is 1.68. The van der Waals surface area contributed by atoms with Crippen molar-refractivity contribution in [1.82, 2.24) is 5.32 Å². The first-order chi connectivity index (χ1) is 8.58. The molecule has 1 aromatic rings. The van der Waals surface area contributed by atoms with Crippen LogP contribution in [0.4, 0.5) is 0 Å². The van der Waals surface area contributed by atoms with E-state index in [-0.39, 0.29) is 0 Å². The molecular formula is C12H15N3O3. The predicted molar refractivity (Wildman–Crippen MR) is 68.6 cm³/mol. The molecule has 1 unspecified atom stereocenters. The first-order valence-electron chi connectivity index (χ1n) is 5.44. The number of hydrogen-bond donors (Lipinski definition) is 2. The zero-order chi connectivity index (χ0) is 13.5. The van der Waals surface area contributed by atoms with Gasteiger partial charge in [0.2, 0.25) is 0 Å². The number of likely N-dealkylation sites (N-methyl/N-ethyl adjacent to an activating group) is 1. The van der Waals surface area contributed by atoms with Crippen LogP contribution in [0.1, 0.15) is 18.1 Å². The Morgan fingerprint density at radius 2 is 2.00 bits per heavy atom. The van der Waals surface area contributed by atoms with Crippen molar-refractivity contribution >= 4 is 11.7 Å². The summed E-state index contributed by atoms with van der Waals surface area (Å²) < 4.78 is 0. The van der Waals surface area contributed by atoms with Gasteiger partial charge in [0.15, 0.2) is 0 Å². The van der Waals surface area contributed by atoms with Crippen molar-refractivity contribution in [1.29, 1.82) is 0 Å². The average Bonchev–Trinajstić information content (AvgIpc) is 2.36. The molecule has 96 valence electrons. The fourth-order valence-corrected chi connectivity index (χ4v) is 1.55. The maximum atomic E-state index is 10.9. The summed E-state index contributed by atoms with van der Waals surface area (Å²) in [7, 11) is 1.61. The smallest absolute Gasteiger partial charge is 0.321 e. The van der Waals surface area contributed by atoms with Gasteiger partial charge in [-0.1, -0.05) is 24.3 Å². The monoisotopic (exact) mass is 249 g/mol. The van der Waals surface area contributed by atoms with Gasteiger partial charge < -0.3 is 10.4 Å². The van der Waals surface area contributed by atoms with Gasteiger partial charge in [-0.05, 0) is 31.5 Å². The molecule has 0 aliphatic heterocycles. The van der Waals surface area contributed by atoms with Crippen molar-refractivity contribution in [2.75, 3.05) is 7.05 Å². The zero-order valence-corrected chi connectivity index (χ0v) is 10.3. The van der Waals surface area contributed by atoms with Gasteiger partial charge in [0.1, 0.15) is 6.04 Å². The molecule has 0 aromatic heterocycles. The summed E-state index contributed by atoms with van der Waals surface area (Å²) in [4.78, 5) is 20.9. The molecule has 0 spiro atoms. The number of carbonyl (C=O) groups is 1. The van der Waals surface area contributed by atoms with Gasteiger partial charge in [-0.25, -0.2) is 0 Å². The largest absolute Gasteiger partial charge is 0.480 e. The van der Waals surface area contributed by atoms with E-state index in [0.717, 1.165) is 11.1 Å². The van der Waals surface area contributed by atoms with E-state index in [0.29, 0.717) is 12.1 Å². The number of rotatable bonds is 6. The molecule has 1 rings (SSSR count). The lowest BCUT2D eigenvalue weighted by molar-refractivity contribution is -0.139. The molecule has 0 saturated heterocycles.